The van der Waals surface area contributed by atoms with Crippen LogP contribution in [-0.4, -0.2) is 41.5 Å². The van der Waals surface area contributed by atoms with Gasteiger partial charge in [0.15, 0.2) is 0 Å². The first kappa shape index (κ1) is 16.5. The van der Waals surface area contributed by atoms with E-state index in [1.165, 1.54) is 5.56 Å². The third kappa shape index (κ3) is 4.11. The molecule has 1 fully saturated rings. The van der Waals surface area contributed by atoms with Crippen molar-refractivity contribution in [3.63, 3.8) is 0 Å². The van der Waals surface area contributed by atoms with Crippen LogP contribution in [-0.2, 0) is 4.79 Å². The van der Waals surface area contributed by atoms with Crippen LogP contribution in [0, 0.1) is 13.8 Å². The molecule has 2 aromatic rings. The predicted molar refractivity (Wildman–Crippen MR) is 94.3 cm³/mol. The van der Waals surface area contributed by atoms with E-state index in [0.717, 1.165) is 36.5 Å². The Labute approximate surface area is 142 Å². The Hall–Kier alpha value is -2.40. The number of nitrogens with zero attached hydrogens (tertiary/aromatic N) is 2. The van der Waals surface area contributed by atoms with Gasteiger partial charge in [0.1, 0.15) is 11.9 Å². The van der Waals surface area contributed by atoms with E-state index in [-0.39, 0.29) is 12.0 Å². The van der Waals surface area contributed by atoms with Crippen LogP contribution in [0.1, 0.15) is 17.5 Å². The number of benzene rings is 1. The monoisotopic (exact) mass is 325 g/mol. The number of carbonyl (C=O) groups excluding carboxylic acids is 1. The molecular weight excluding hydrogens is 302 g/mol. The second-order valence-electron chi connectivity index (χ2n) is 6.24. The topological polar surface area (TPSA) is 54.5 Å². The largest absolute Gasteiger partial charge is 0.489 e. The van der Waals surface area contributed by atoms with Crippen LogP contribution >= 0.6 is 0 Å². The number of nitrogens with one attached hydrogen (secondary N) is 1. The van der Waals surface area contributed by atoms with Gasteiger partial charge in [-0.05, 0) is 49.6 Å². The maximum atomic E-state index is 12.3. The molecule has 0 spiro atoms. The quantitative estimate of drug-likeness (QED) is 0.918. The van der Waals surface area contributed by atoms with Crippen molar-refractivity contribution in [3.8, 4) is 5.75 Å². The highest BCUT2D eigenvalue weighted by atomic mass is 16.5. The molecule has 2 heterocycles. The van der Waals surface area contributed by atoms with Gasteiger partial charge in [-0.2, -0.15) is 0 Å². The van der Waals surface area contributed by atoms with Crippen molar-refractivity contribution in [2.24, 2.45) is 0 Å². The molecule has 126 valence electrons. The van der Waals surface area contributed by atoms with Crippen LogP contribution in [0.5, 0.6) is 5.75 Å². The molecule has 0 radical (unpaired) electrons. The molecule has 3 rings (SSSR count). The van der Waals surface area contributed by atoms with Crippen molar-refractivity contribution in [2.75, 3.05) is 25.0 Å². The van der Waals surface area contributed by atoms with Crippen LogP contribution in [0.15, 0.2) is 42.7 Å². The number of hydrogen-bond donors (Lipinski definition) is 1. The molecule has 5 nitrogen and oxygen atoms in total. The maximum absolute atomic E-state index is 12.3. The first-order valence-electron chi connectivity index (χ1n) is 8.27. The average molecular weight is 325 g/mol. The smallest absolute Gasteiger partial charge is 0.238 e. The number of hydrogen-bond acceptors (Lipinski definition) is 4. The third-order valence-electron chi connectivity index (χ3n) is 4.43. The zero-order valence-electron chi connectivity index (χ0n) is 14.2. The number of anilines is 1. The van der Waals surface area contributed by atoms with E-state index < -0.39 is 0 Å². The number of aryl methyl sites for hydroxylation is 1. The Balaban J connectivity index is 1.50. The number of pyridine rings is 1. The van der Waals surface area contributed by atoms with Crippen molar-refractivity contribution < 1.29 is 9.53 Å². The van der Waals surface area contributed by atoms with Gasteiger partial charge in [-0.3, -0.25) is 14.7 Å². The van der Waals surface area contributed by atoms with Gasteiger partial charge in [-0.15, -0.1) is 0 Å². The van der Waals surface area contributed by atoms with E-state index in [1.807, 2.05) is 44.2 Å². The van der Waals surface area contributed by atoms with Crippen LogP contribution in [0.3, 0.4) is 0 Å². The van der Waals surface area contributed by atoms with Gasteiger partial charge in [-0.1, -0.05) is 12.1 Å². The minimum Gasteiger partial charge on any atom is -0.489 e. The maximum Gasteiger partial charge on any atom is 0.238 e. The summed E-state index contributed by atoms with van der Waals surface area (Å²) in [6.07, 6.45) is 4.50. The van der Waals surface area contributed by atoms with Crippen molar-refractivity contribution in [2.45, 2.75) is 26.4 Å². The Morgan fingerprint density at radius 3 is 2.88 bits per heavy atom. The van der Waals surface area contributed by atoms with Gasteiger partial charge in [0, 0.05) is 31.2 Å². The zero-order chi connectivity index (χ0) is 16.9. The summed E-state index contributed by atoms with van der Waals surface area (Å²) in [6, 6.07) is 9.67. The summed E-state index contributed by atoms with van der Waals surface area (Å²) in [6.45, 7) is 6.11. The van der Waals surface area contributed by atoms with Crippen molar-refractivity contribution >= 4 is 11.6 Å². The molecule has 5 heteroatoms. The second-order valence-corrected chi connectivity index (χ2v) is 6.24. The van der Waals surface area contributed by atoms with Gasteiger partial charge >= 0.3 is 0 Å². The van der Waals surface area contributed by atoms with E-state index in [1.54, 1.807) is 12.4 Å². The van der Waals surface area contributed by atoms with E-state index in [2.05, 4.69) is 15.2 Å². The zero-order valence-corrected chi connectivity index (χ0v) is 14.2. The molecule has 0 saturated carbocycles. The van der Waals surface area contributed by atoms with Gasteiger partial charge in [0.25, 0.3) is 0 Å². The molecule has 24 heavy (non-hydrogen) atoms. The second kappa shape index (κ2) is 7.45. The van der Waals surface area contributed by atoms with Crippen LogP contribution in [0.2, 0.25) is 0 Å². The summed E-state index contributed by atoms with van der Waals surface area (Å²) in [5, 5.41) is 3.01. The van der Waals surface area contributed by atoms with Crippen LogP contribution in [0.25, 0.3) is 0 Å². The number of carbonyl (C=O) groups is 1. The molecule has 1 atom stereocenters. The van der Waals surface area contributed by atoms with Crippen LogP contribution in [0.4, 0.5) is 5.69 Å². The first-order chi connectivity index (χ1) is 11.6. The predicted octanol–water partition coefficient (Wildman–Crippen LogP) is 2.79. The lowest BCUT2D eigenvalue weighted by Crippen LogP contribution is -2.33. The highest BCUT2D eigenvalue weighted by Crippen LogP contribution is 2.19. The van der Waals surface area contributed by atoms with Gasteiger partial charge in [0.2, 0.25) is 5.91 Å². The van der Waals surface area contributed by atoms with E-state index in [9.17, 15) is 4.79 Å². The average Bonchev–Trinajstić information content (AvgIpc) is 2.99. The fourth-order valence-electron chi connectivity index (χ4n) is 2.93. The summed E-state index contributed by atoms with van der Waals surface area (Å²) in [7, 11) is 0. The molecule has 0 unspecified atom stereocenters. The third-order valence-corrected chi connectivity index (χ3v) is 4.43. The fourth-order valence-corrected chi connectivity index (χ4v) is 2.93. The summed E-state index contributed by atoms with van der Waals surface area (Å²) >= 11 is 0. The molecule has 1 aromatic carbocycles. The number of amides is 1. The number of rotatable bonds is 5. The van der Waals surface area contributed by atoms with E-state index in [4.69, 9.17) is 4.74 Å². The molecule has 0 bridgehead atoms. The lowest BCUT2D eigenvalue weighted by atomic mass is 10.1. The van der Waals surface area contributed by atoms with E-state index >= 15 is 0 Å². The highest BCUT2D eigenvalue weighted by Gasteiger charge is 2.25. The van der Waals surface area contributed by atoms with Crippen molar-refractivity contribution in [1.29, 1.82) is 0 Å². The van der Waals surface area contributed by atoms with Gasteiger partial charge in [-0.25, -0.2) is 0 Å². The Bertz CT molecular complexity index is 703. The molecule has 1 aliphatic rings. The minimum atomic E-state index is 0.0215. The minimum absolute atomic E-state index is 0.0215. The summed E-state index contributed by atoms with van der Waals surface area (Å²) in [5.74, 6) is 0.852. The molecule has 1 amide bonds. The highest BCUT2D eigenvalue weighted by molar-refractivity contribution is 5.93. The molecule has 1 aromatic heterocycles. The number of aromatic nitrogens is 1. The summed E-state index contributed by atoms with van der Waals surface area (Å²) < 4.78 is 5.93. The molecule has 1 aliphatic heterocycles. The lowest BCUT2D eigenvalue weighted by Gasteiger charge is -2.17. The first-order valence-corrected chi connectivity index (χ1v) is 8.27. The molecular formula is C19H23N3O2. The Morgan fingerprint density at radius 2 is 2.08 bits per heavy atom. The normalized spacial score (nSPS) is 17.7. The standard InChI is InChI=1S/C19H23N3O2/c1-14-4-3-5-18(15(14)2)21-19(23)13-22-11-8-17(12-22)24-16-6-9-20-10-7-16/h3-7,9-10,17H,8,11-13H2,1-2H3,(H,21,23)/t17-/m1/s1. The summed E-state index contributed by atoms with van der Waals surface area (Å²) in [5.41, 5.74) is 3.19. The van der Waals surface area contributed by atoms with Crippen molar-refractivity contribution in [3.05, 3.63) is 53.9 Å². The Morgan fingerprint density at radius 1 is 1.29 bits per heavy atom. The molecule has 1 saturated heterocycles. The molecule has 0 aliphatic carbocycles. The number of likely N-dealkylation sites (tertiary alicyclic amines) is 1. The van der Waals surface area contributed by atoms with Crippen LogP contribution < -0.4 is 10.1 Å². The number of ether oxygens (including phenoxy) is 1. The lowest BCUT2D eigenvalue weighted by molar-refractivity contribution is -0.117. The summed E-state index contributed by atoms with van der Waals surface area (Å²) in [4.78, 5) is 18.4. The van der Waals surface area contributed by atoms with Gasteiger partial charge < -0.3 is 10.1 Å². The SMILES string of the molecule is Cc1cccc(NC(=O)CN2CC[C@@H](Oc3ccncc3)C2)c1C. The van der Waals surface area contributed by atoms with E-state index in [0.29, 0.717) is 6.54 Å². The van der Waals surface area contributed by atoms with Crippen molar-refractivity contribution in [1.82, 2.24) is 9.88 Å². The van der Waals surface area contributed by atoms with Gasteiger partial charge in [0.05, 0.1) is 6.54 Å². The fraction of sp³-hybridized carbons (Fsp3) is 0.368. The Kier molecular flexibility index (Phi) is 5.11. The molecule has 1 N–H and O–H groups in total.